The minimum Gasteiger partial charge on any atom is -0.479 e. The summed E-state index contributed by atoms with van der Waals surface area (Å²) in [5, 5.41) is 14.7. The number of rotatable bonds is 10. The quantitative estimate of drug-likeness (QED) is 0.489. The third-order valence-electron chi connectivity index (χ3n) is 5.23. The van der Waals surface area contributed by atoms with E-state index in [0.717, 1.165) is 11.1 Å². The maximum absolute atomic E-state index is 13.0. The number of benzene rings is 2. The Balaban J connectivity index is 1.62. The SMILES string of the molecule is CC(C)[C@H](NC(=O)OCc1ccccc1)C(=O)N[C@@H](Cc1ccccc1)C1OC1C(=O)O. The van der Waals surface area contributed by atoms with Gasteiger partial charge in [0, 0.05) is 0 Å². The molecule has 2 aromatic rings. The summed E-state index contributed by atoms with van der Waals surface area (Å²) >= 11 is 0. The van der Waals surface area contributed by atoms with E-state index in [1.165, 1.54) is 0 Å². The van der Waals surface area contributed by atoms with E-state index in [-0.39, 0.29) is 12.5 Å². The molecule has 0 spiro atoms. The summed E-state index contributed by atoms with van der Waals surface area (Å²) in [5.74, 6) is -1.70. The Bertz CT molecular complexity index is 919. The molecule has 3 rings (SSSR count). The zero-order chi connectivity index (χ0) is 23.1. The van der Waals surface area contributed by atoms with Crippen molar-refractivity contribution in [1.82, 2.24) is 10.6 Å². The van der Waals surface area contributed by atoms with Gasteiger partial charge in [0.15, 0.2) is 6.10 Å². The summed E-state index contributed by atoms with van der Waals surface area (Å²) in [4.78, 5) is 36.6. The number of nitrogens with one attached hydrogen (secondary N) is 2. The van der Waals surface area contributed by atoms with Crippen molar-refractivity contribution in [3.05, 3.63) is 71.8 Å². The van der Waals surface area contributed by atoms with Crippen LogP contribution in [0, 0.1) is 5.92 Å². The predicted molar refractivity (Wildman–Crippen MR) is 117 cm³/mol. The predicted octanol–water partition coefficient (Wildman–Crippen LogP) is 2.52. The molecule has 8 nitrogen and oxygen atoms in total. The topological polar surface area (TPSA) is 117 Å². The second kappa shape index (κ2) is 10.8. The number of carbonyl (C=O) groups excluding carboxylic acids is 2. The van der Waals surface area contributed by atoms with Crippen LogP contribution in [0.5, 0.6) is 0 Å². The Hall–Kier alpha value is -3.39. The van der Waals surface area contributed by atoms with Gasteiger partial charge in [-0.2, -0.15) is 0 Å². The van der Waals surface area contributed by atoms with E-state index in [1.807, 2.05) is 74.5 Å². The number of hydrogen-bond acceptors (Lipinski definition) is 5. The largest absolute Gasteiger partial charge is 0.479 e. The van der Waals surface area contributed by atoms with Crippen molar-refractivity contribution in [3.8, 4) is 0 Å². The lowest BCUT2D eigenvalue weighted by molar-refractivity contribution is -0.138. The van der Waals surface area contributed by atoms with E-state index >= 15 is 0 Å². The van der Waals surface area contributed by atoms with Crippen LogP contribution in [0.25, 0.3) is 0 Å². The van der Waals surface area contributed by atoms with Gasteiger partial charge in [0.25, 0.3) is 0 Å². The second-order valence-corrected chi connectivity index (χ2v) is 8.09. The molecule has 32 heavy (non-hydrogen) atoms. The first-order chi connectivity index (χ1) is 15.3. The van der Waals surface area contributed by atoms with Crippen LogP contribution >= 0.6 is 0 Å². The zero-order valence-electron chi connectivity index (χ0n) is 18.1. The van der Waals surface area contributed by atoms with Crippen LogP contribution in [0.1, 0.15) is 25.0 Å². The van der Waals surface area contributed by atoms with Gasteiger partial charge in [-0.05, 0) is 23.5 Å². The monoisotopic (exact) mass is 440 g/mol. The molecule has 1 saturated heterocycles. The standard InChI is InChI=1S/C24H28N2O6/c1-15(2)19(26-24(30)31-14-17-11-7-4-8-12-17)22(27)25-18(20-21(32-20)23(28)29)13-16-9-5-3-6-10-16/h3-12,15,18-21H,13-14H2,1-2H3,(H,25,27)(H,26,30)(H,28,29)/t18-,19-,20?,21?/m0/s1. The molecule has 2 unspecified atom stereocenters. The van der Waals surface area contributed by atoms with Gasteiger partial charge in [-0.3, -0.25) is 4.79 Å². The summed E-state index contributed by atoms with van der Waals surface area (Å²) in [6.07, 6.45) is -1.88. The Kier molecular flexibility index (Phi) is 7.83. The number of amides is 2. The van der Waals surface area contributed by atoms with Crippen LogP contribution < -0.4 is 10.6 Å². The fraction of sp³-hybridized carbons (Fsp3) is 0.375. The molecule has 0 aromatic heterocycles. The average Bonchev–Trinajstić information content (AvgIpc) is 3.58. The van der Waals surface area contributed by atoms with Gasteiger partial charge in [-0.1, -0.05) is 74.5 Å². The third-order valence-corrected chi connectivity index (χ3v) is 5.23. The molecule has 2 aromatic carbocycles. The summed E-state index contributed by atoms with van der Waals surface area (Å²) in [6, 6.07) is 17.3. The van der Waals surface area contributed by atoms with E-state index in [2.05, 4.69) is 10.6 Å². The Morgan fingerprint density at radius 1 is 0.969 bits per heavy atom. The van der Waals surface area contributed by atoms with Gasteiger partial charge in [-0.15, -0.1) is 0 Å². The lowest BCUT2D eigenvalue weighted by atomic mass is 9.99. The number of carboxylic acids is 1. The first-order valence-electron chi connectivity index (χ1n) is 10.5. The highest BCUT2D eigenvalue weighted by Crippen LogP contribution is 2.28. The number of carbonyl (C=O) groups is 3. The van der Waals surface area contributed by atoms with Crippen LogP contribution in [-0.4, -0.2) is 47.4 Å². The maximum atomic E-state index is 13.0. The van der Waals surface area contributed by atoms with Crippen molar-refractivity contribution < 1.29 is 29.0 Å². The first-order valence-corrected chi connectivity index (χ1v) is 10.5. The van der Waals surface area contributed by atoms with E-state index in [1.54, 1.807) is 0 Å². The third kappa shape index (κ3) is 6.55. The van der Waals surface area contributed by atoms with Crippen molar-refractivity contribution in [2.75, 3.05) is 0 Å². The number of hydrogen-bond donors (Lipinski definition) is 3. The minimum absolute atomic E-state index is 0.0892. The number of carboxylic acid groups (broad SMARTS) is 1. The van der Waals surface area contributed by atoms with Gasteiger partial charge in [0.05, 0.1) is 6.04 Å². The molecule has 0 saturated carbocycles. The van der Waals surface area contributed by atoms with E-state index in [4.69, 9.17) is 9.47 Å². The van der Waals surface area contributed by atoms with Crippen LogP contribution in [-0.2, 0) is 32.1 Å². The zero-order valence-corrected chi connectivity index (χ0v) is 18.1. The highest BCUT2D eigenvalue weighted by molar-refractivity contribution is 5.86. The highest BCUT2D eigenvalue weighted by atomic mass is 16.6. The van der Waals surface area contributed by atoms with Crippen molar-refractivity contribution in [2.24, 2.45) is 5.92 Å². The Labute approximate surface area is 186 Å². The fourth-order valence-electron chi connectivity index (χ4n) is 3.45. The molecule has 1 aliphatic heterocycles. The lowest BCUT2D eigenvalue weighted by Gasteiger charge is -2.25. The molecular formula is C24H28N2O6. The summed E-state index contributed by atoms with van der Waals surface area (Å²) in [7, 11) is 0. The number of epoxide rings is 1. The number of aliphatic carboxylic acids is 1. The van der Waals surface area contributed by atoms with Gasteiger partial charge in [-0.25, -0.2) is 9.59 Å². The second-order valence-electron chi connectivity index (χ2n) is 8.09. The van der Waals surface area contributed by atoms with Gasteiger partial charge in [0.2, 0.25) is 5.91 Å². The number of alkyl carbamates (subject to hydrolysis) is 1. The molecule has 1 fully saturated rings. The van der Waals surface area contributed by atoms with Crippen LogP contribution in [0.15, 0.2) is 60.7 Å². The van der Waals surface area contributed by atoms with Crippen LogP contribution in [0.4, 0.5) is 4.79 Å². The lowest BCUT2D eigenvalue weighted by Crippen LogP contribution is -2.54. The van der Waals surface area contributed by atoms with Crippen LogP contribution in [0.3, 0.4) is 0 Å². The summed E-state index contributed by atoms with van der Waals surface area (Å²) in [5.41, 5.74) is 1.77. The first kappa shape index (κ1) is 23.3. The molecule has 8 heteroatoms. The van der Waals surface area contributed by atoms with E-state index < -0.39 is 42.3 Å². The van der Waals surface area contributed by atoms with Gasteiger partial charge < -0.3 is 25.2 Å². The van der Waals surface area contributed by atoms with Crippen molar-refractivity contribution in [1.29, 1.82) is 0 Å². The van der Waals surface area contributed by atoms with E-state index in [9.17, 15) is 19.5 Å². The van der Waals surface area contributed by atoms with Crippen molar-refractivity contribution >= 4 is 18.0 Å². The molecule has 0 aliphatic carbocycles. The Morgan fingerprint density at radius 2 is 1.56 bits per heavy atom. The van der Waals surface area contributed by atoms with Crippen molar-refractivity contribution in [3.63, 3.8) is 0 Å². The van der Waals surface area contributed by atoms with Crippen molar-refractivity contribution in [2.45, 2.75) is 51.2 Å². The molecule has 0 bridgehead atoms. The van der Waals surface area contributed by atoms with Crippen LogP contribution in [0.2, 0.25) is 0 Å². The maximum Gasteiger partial charge on any atom is 0.408 e. The molecule has 1 aliphatic rings. The van der Waals surface area contributed by atoms with E-state index in [0.29, 0.717) is 6.42 Å². The average molecular weight is 440 g/mol. The molecular weight excluding hydrogens is 412 g/mol. The summed E-state index contributed by atoms with van der Waals surface area (Å²) < 4.78 is 10.5. The highest BCUT2D eigenvalue weighted by Gasteiger charge is 2.51. The molecule has 170 valence electrons. The molecule has 4 atom stereocenters. The smallest absolute Gasteiger partial charge is 0.408 e. The van der Waals surface area contributed by atoms with Gasteiger partial charge >= 0.3 is 12.1 Å². The Morgan fingerprint density at radius 3 is 2.09 bits per heavy atom. The van der Waals surface area contributed by atoms with Gasteiger partial charge in [0.1, 0.15) is 18.8 Å². The molecule has 3 N–H and O–H groups in total. The molecule has 2 amide bonds. The molecule has 0 radical (unpaired) electrons. The summed E-state index contributed by atoms with van der Waals surface area (Å²) in [6.45, 7) is 3.70. The minimum atomic E-state index is -1.06. The normalized spacial score (nSPS) is 19.0. The number of ether oxygens (including phenoxy) is 2. The molecule has 1 heterocycles. The fourth-order valence-corrected chi connectivity index (χ4v) is 3.45.